The molecule has 0 unspecified atom stereocenters. The van der Waals surface area contributed by atoms with Gasteiger partial charge in [0.1, 0.15) is 12.3 Å². The van der Waals surface area contributed by atoms with Crippen LogP contribution in [0.5, 0.6) is 17.2 Å². The fraction of sp³-hybridized carbons (Fsp3) is 0.259. The quantitative estimate of drug-likeness (QED) is 0.282. The summed E-state index contributed by atoms with van der Waals surface area (Å²) in [6, 6.07) is 19.7. The summed E-state index contributed by atoms with van der Waals surface area (Å²) in [6.45, 7) is 4.25. The van der Waals surface area contributed by atoms with Gasteiger partial charge in [-0.05, 0) is 60.0 Å². The third-order valence-electron chi connectivity index (χ3n) is 5.14. The molecule has 3 aromatic carbocycles. The Morgan fingerprint density at radius 3 is 2.27 bits per heavy atom. The predicted molar refractivity (Wildman–Crippen MR) is 143 cm³/mol. The summed E-state index contributed by atoms with van der Waals surface area (Å²) >= 11 is 0. The van der Waals surface area contributed by atoms with E-state index in [-0.39, 0.29) is 10.6 Å². The number of nitrogens with one attached hydrogen (secondary N) is 1. The van der Waals surface area contributed by atoms with Gasteiger partial charge in [0, 0.05) is 6.07 Å². The molecule has 0 bridgehead atoms. The highest BCUT2D eigenvalue weighted by molar-refractivity contribution is 7.92. The first kappa shape index (κ1) is 27.5. The van der Waals surface area contributed by atoms with E-state index in [0.29, 0.717) is 24.0 Å². The molecule has 3 aromatic rings. The number of carbonyl (C=O) groups is 1. The molecule has 37 heavy (non-hydrogen) atoms. The number of hydrazone groups is 1. The second-order valence-corrected chi connectivity index (χ2v) is 10.3. The molecule has 1 N–H and O–H groups in total. The summed E-state index contributed by atoms with van der Waals surface area (Å²) < 4.78 is 44.2. The number of rotatable bonds is 12. The number of nitrogens with zero attached hydrogens (tertiary/aromatic N) is 2. The molecule has 0 atom stereocenters. The lowest BCUT2D eigenvalue weighted by atomic mass is 10.2. The van der Waals surface area contributed by atoms with Crippen molar-refractivity contribution >= 4 is 27.8 Å². The van der Waals surface area contributed by atoms with E-state index in [1.165, 1.54) is 38.6 Å². The zero-order chi connectivity index (χ0) is 26.8. The Morgan fingerprint density at radius 1 is 0.973 bits per heavy atom. The molecule has 0 spiro atoms. The molecule has 0 aliphatic rings. The van der Waals surface area contributed by atoms with Crippen LogP contribution in [-0.2, 0) is 14.8 Å². The highest BCUT2D eigenvalue weighted by atomic mass is 32.2. The zero-order valence-corrected chi connectivity index (χ0v) is 22.1. The molecule has 3 rings (SSSR count). The Balaban J connectivity index is 1.78. The van der Waals surface area contributed by atoms with Crippen molar-refractivity contribution in [2.75, 3.05) is 31.7 Å². The Kier molecular flexibility index (Phi) is 9.51. The van der Waals surface area contributed by atoms with E-state index >= 15 is 0 Å². The van der Waals surface area contributed by atoms with E-state index < -0.39 is 22.5 Å². The lowest BCUT2D eigenvalue weighted by Crippen LogP contribution is -2.39. The maximum absolute atomic E-state index is 13.5. The molecule has 9 nitrogen and oxygen atoms in total. The summed E-state index contributed by atoms with van der Waals surface area (Å²) in [4.78, 5) is 12.8. The second kappa shape index (κ2) is 12.8. The van der Waals surface area contributed by atoms with E-state index in [1.807, 2.05) is 12.1 Å². The molecule has 1 amide bonds. The summed E-state index contributed by atoms with van der Waals surface area (Å²) in [5.41, 5.74) is 3.37. The summed E-state index contributed by atoms with van der Waals surface area (Å²) in [7, 11) is -1.15. The smallest absolute Gasteiger partial charge is 0.264 e. The van der Waals surface area contributed by atoms with Gasteiger partial charge in [-0.3, -0.25) is 9.10 Å². The van der Waals surface area contributed by atoms with E-state index in [9.17, 15) is 13.2 Å². The lowest BCUT2D eigenvalue weighted by molar-refractivity contribution is -0.119. The third kappa shape index (κ3) is 7.47. The standard InChI is InChI=1S/C27H31N3O6S/c1-20(2)19-36-23-13-10-21(11-14-23)17-28-29-27(31)18-30(37(32,33)24-8-6-5-7-9-24)22-12-15-25(34-3)26(16-22)35-4/h5-17,20H,18-19H2,1-4H3,(H,29,31)/b28-17-. The average Bonchev–Trinajstić information content (AvgIpc) is 2.91. The molecule has 0 aliphatic heterocycles. The van der Waals surface area contributed by atoms with Crippen molar-refractivity contribution in [2.45, 2.75) is 18.7 Å². The lowest BCUT2D eigenvalue weighted by Gasteiger charge is -2.24. The number of ether oxygens (including phenoxy) is 3. The molecule has 0 aromatic heterocycles. The fourth-order valence-electron chi connectivity index (χ4n) is 3.27. The number of anilines is 1. The maximum Gasteiger partial charge on any atom is 0.264 e. The van der Waals surface area contributed by atoms with Crippen molar-refractivity contribution in [3.05, 3.63) is 78.4 Å². The van der Waals surface area contributed by atoms with Crippen LogP contribution < -0.4 is 23.9 Å². The first-order valence-electron chi connectivity index (χ1n) is 11.6. The molecule has 196 valence electrons. The Labute approximate surface area is 217 Å². The number of carbonyl (C=O) groups excluding carboxylic acids is 1. The van der Waals surface area contributed by atoms with Crippen molar-refractivity contribution in [1.29, 1.82) is 0 Å². The van der Waals surface area contributed by atoms with Gasteiger partial charge in [0.05, 0.1) is 37.6 Å². The van der Waals surface area contributed by atoms with Gasteiger partial charge in [-0.15, -0.1) is 0 Å². The Hall–Kier alpha value is -4.05. The average molecular weight is 526 g/mol. The second-order valence-electron chi connectivity index (χ2n) is 8.43. The molecule has 0 aliphatic carbocycles. The molecule has 0 fully saturated rings. The SMILES string of the molecule is COc1ccc(N(CC(=O)N/N=C\c2ccc(OCC(C)C)cc2)S(=O)(=O)c2ccccc2)cc1OC. The van der Waals surface area contributed by atoms with Gasteiger partial charge < -0.3 is 14.2 Å². The monoisotopic (exact) mass is 525 g/mol. The van der Waals surface area contributed by atoms with Crippen LogP contribution in [0.25, 0.3) is 0 Å². The summed E-state index contributed by atoms with van der Waals surface area (Å²) in [5.74, 6) is 1.29. The van der Waals surface area contributed by atoms with Gasteiger partial charge in [-0.25, -0.2) is 13.8 Å². The number of hydrogen-bond donors (Lipinski definition) is 1. The van der Waals surface area contributed by atoms with Crippen LogP contribution in [-0.4, -0.2) is 47.9 Å². The molecule has 0 heterocycles. The zero-order valence-electron chi connectivity index (χ0n) is 21.2. The van der Waals surface area contributed by atoms with Gasteiger partial charge in [0.15, 0.2) is 11.5 Å². The summed E-state index contributed by atoms with van der Waals surface area (Å²) in [6.07, 6.45) is 1.47. The molecule has 10 heteroatoms. The molecule has 0 saturated carbocycles. The summed E-state index contributed by atoms with van der Waals surface area (Å²) in [5, 5.41) is 3.98. The molecule has 0 radical (unpaired) electrons. The highest BCUT2D eigenvalue weighted by Crippen LogP contribution is 2.33. The van der Waals surface area contributed by atoms with E-state index in [0.717, 1.165) is 15.6 Å². The predicted octanol–water partition coefficient (Wildman–Crippen LogP) is 4.08. The third-order valence-corrected chi connectivity index (χ3v) is 6.93. The fourth-order valence-corrected chi connectivity index (χ4v) is 4.71. The van der Waals surface area contributed by atoms with Gasteiger partial charge in [-0.1, -0.05) is 32.0 Å². The number of hydrogen-bond acceptors (Lipinski definition) is 7. The highest BCUT2D eigenvalue weighted by Gasteiger charge is 2.28. The topological polar surface area (TPSA) is 107 Å². The van der Waals surface area contributed by atoms with Crippen molar-refractivity contribution < 1.29 is 27.4 Å². The van der Waals surface area contributed by atoms with Gasteiger partial charge in [0.2, 0.25) is 0 Å². The minimum Gasteiger partial charge on any atom is -0.493 e. The maximum atomic E-state index is 13.5. The largest absolute Gasteiger partial charge is 0.493 e. The minimum atomic E-state index is -4.08. The number of amides is 1. The first-order chi connectivity index (χ1) is 17.7. The Bertz CT molecular complexity index is 1310. The van der Waals surface area contributed by atoms with Crippen LogP contribution >= 0.6 is 0 Å². The first-order valence-corrected chi connectivity index (χ1v) is 13.0. The Morgan fingerprint density at radius 2 is 1.65 bits per heavy atom. The van der Waals surface area contributed by atoms with Crippen molar-refractivity contribution in [3.8, 4) is 17.2 Å². The van der Waals surface area contributed by atoms with Crippen LogP contribution in [0, 0.1) is 5.92 Å². The minimum absolute atomic E-state index is 0.0425. The van der Waals surface area contributed by atoms with Crippen LogP contribution in [0.15, 0.2) is 82.8 Å². The van der Waals surface area contributed by atoms with E-state index in [4.69, 9.17) is 14.2 Å². The number of sulfonamides is 1. The van der Waals surface area contributed by atoms with Crippen LogP contribution in [0.2, 0.25) is 0 Å². The van der Waals surface area contributed by atoms with E-state index in [2.05, 4.69) is 24.4 Å². The van der Waals surface area contributed by atoms with Crippen molar-refractivity contribution in [2.24, 2.45) is 11.0 Å². The van der Waals surface area contributed by atoms with Crippen molar-refractivity contribution in [1.82, 2.24) is 5.43 Å². The molecular weight excluding hydrogens is 494 g/mol. The number of methoxy groups -OCH3 is 2. The molecule has 0 saturated heterocycles. The van der Waals surface area contributed by atoms with Crippen LogP contribution in [0.1, 0.15) is 19.4 Å². The molecular formula is C27H31N3O6S. The van der Waals surface area contributed by atoms with Gasteiger partial charge >= 0.3 is 0 Å². The van der Waals surface area contributed by atoms with E-state index in [1.54, 1.807) is 42.5 Å². The van der Waals surface area contributed by atoms with Crippen molar-refractivity contribution in [3.63, 3.8) is 0 Å². The van der Waals surface area contributed by atoms with Crippen LogP contribution in [0.4, 0.5) is 5.69 Å². The van der Waals surface area contributed by atoms with Crippen LogP contribution in [0.3, 0.4) is 0 Å². The normalized spacial score (nSPS) is 11.4. The number of benzene rings is 3. The van der Waals surface area contributed by atoms with Gasteiger partial charge in [-0.2, -0.15) is 5.10 Å². The van der Waals surface area contributed by atoms with Gasteiger partial charge in [0.25, 0.3) is 15.9 Å².